The van der Waals surface area contributed by atoms with Gasteiger partial charge in [-0.25, -0.2) is 0 Å². The summed E-state index contributed by atoms with van der Waals surface area (Å²) in [5, 5.41) is 0. The number of hydrogen-bond acceptors (Lipinski definition) is 2. The molecule has 1 rings (SSSR count). The van der Waals surface area contributed by atoms with Crippen molar-refractivity contribution in [3.8, 4) is 5.75 Å². The zero-order valence-electron chi connectivity index (χ0n) is 11.9. The number of ether oxygens (including phenoxy) is 1. The third-order valence-electron chi connectivity index (χ3n) is 3.09. The highest BCUT2D eigenvalue weighted by Crippen LogP contribution is 2.25. The molecule has 0 atom stereocenters. The fraction of sp³-hybridized carbons (Fsp3) is 0.600. The van der Waals surface area contributed by atoms with Crippen molar-refractivity contribution in [2.24, 2.45) is 0 Å². The van der Waals surface area contributed by atoms with Crippen LogP contribution in [0.15, 0.2) is 18.2 Å². The number of benzene rings is 1. The zero-order valence-corrected chi connectivity index (χ0v) is 12.6. The van der Waals surface area contributed by atoms with Crippen LogP contribution in [0.5, 0.6) is 5.75 Å². The highest BCUT2D eigenvalue weighted by Gasteiger charge is 2.08. The smallest absolute Gasteiger partial charge is 0.123 e. The van der Waals surface area contributed by atoms with Gasteiger partial charge >= 0.3 is 0 Å². The Bertz CT molecular complexity index is 366. The molecule has 0 fully saturated rings. The predicted molar refractivity (Wildman–Crippen MR) is 78.8 cm³/mol. The standard InChI is InChI=1S/C15H24ClNO/c1-12(2)13-6-7-14(15(10-13)18-4)11-17(3)9-5-8-16/h6-7,10,12H,5,8-9,11H2,1-4H3. The van der Waals surface area contributed by atoms with E-state index >= 15 is 0 Å². The normalized spacial score (nSPS) is 11.3. The molecule has 0 radical (unpaired) electrons. The van der Waals surface area contributed by atoms with E-state index in [1.54, 1.807) is 7.11 Å². The maximum absolute atomic E-state index is 5.71. The zero-order chi connectivity index (χ0) is 13.5. The molecule has 3 heteroatoms. The molecule has 0 saturated heterocycles. The van der Waals surface area contributed by atoms with Crippen molar-refractivity contribution in [1.29, 1.82) is 0 Å². The van der Waals surface area contributed by atoms with Gasteiger partial charge in [-0.2, -0.15) is 0 Å². The number of rotatable bonds is 7. The van der Waals surface area contributed by atoms with Gasteiger partial charge in [0.25, 0.3) is 0 Å². The summed E-state index contributed by atoms with van der Waals surface area (Å²) in [5.74, 6) is 2.23. The molecule has 1 aromatic carbocycles. The molecule has 1 aromatic rings. The first-order valence-electron chi connectivity index (χ1n) is 6.49. The van der Waals surface area contributed by atoms with Crippen LogP contribution in [-0.2, 0) is 6.54 Å². The largest absolute Gasteiger partial charge is 0.496 e. The molecule has 2 nitrogen and oxygen atoms in total. The van der Waals surface area contributed by atoms with Crippen LogP contribution >= 0.6 is 11.6 Å². The average molecular weight is 270 g/mol. The third-order valence-corrected chi connectivity index (χ3v) is 3.36. The van der Waals surface area contributed by atoms with Gasteiger partial charge in [0.2, 0.25) is 0 Å². The van der Waals surface area contributed by atoms with E-state index in [1.165, 1.54) is 11.1 Å². The molecule has 0 bridgehead atoms. The minimum atomic E-state index is 0.530. The maximum Gasteiger partial charge on any atom is 0.123 e. The van der Waals surface area contributed by atoms with Crippen molar-refractivity contribution < 1.29 is 4.74 Å². The number of hydrogen-bond donors (Lipinski definition) is 0. The molecule has 0 aromatic heterocycles. The summed E-state index contributed by atoms with van der Waals surface area (Å²) in [7, 11) is 3.85. The van der Waals surface area contributed by atoms with Gasteiger partial charge in [0.15, 0.2) is 0 Å². The molecule has 0 aliphatic carbocycles. The van der Waals surface area contributed by atoms with Gasteiger partial charge in [-0.05, 0) is 37.6 Å². The Hall–Kier alpha value is -0.730. The van der Waals surface area contributed by atoms with E-state index in [2.05, 4.69) is 44.0 Å². The van der Waals surface area contributed by atoms with E-state index in [9.17, 15) is 0 Å². The van der Waals surface area contributed by atoms with Crippen molar-refractivity contribution in [3.05, 3.63) is 29.3 Å². The lowest BCUT2D eigenvalue weighted by Gasteiger charge is -2.19. The summed E-state index contributed by atoms with van der Waals surface area (Å²) >= 11 is 5.71. The van der Waals surface area contributed by atoms with Gasteiger partial charge in [0.1, 0.15) is 5.75 Å². The summed E-state index contributed by atoms with van der Waals surface area (Å²) in [6.45, 7) is 6.30. The number of nitrogens with zero attached hydrogens (tertiary/aromatic N) is 1. The number of methoxy groups -OCH3 is 1. The highest BCUT2D eigenvalue weighted by atomic mass is 35.5. The summed E-state index contributed by atoms with van der Waals surface area (Å²) in [6.07, 6.45) is 1.02. The summed E-state index contributed by atoms with van der Waals surface area (Å²) < 4.78 is 5.49. The van der Waals surface area contributed by atoms with Gasteiger partial charge in [-0.15, -0.1) is 11.6 Å². The molecular weight excluding hydrogens is 246 g/mol. The maximum atomic E-state index is 5.71. The topological polar surface area (TPSA) is 12.5 Å². The van der Waals surface area contributed by atoms with Gasteiger partial charge in [-0.3, -0.25) is 0 Å². The van der Waals surface area contributed by atoms with E-state index in [0.29, 0.717) is 11.8 Å². The Morgan fingerprint density at radius 2 is 2.06 bits per heavy atom. The SMILES string of the molecule is COc1cc(C(C)C)ccc1CN(C)CCCCl. The van der Waals surface area contributed by atoms with E-state index < -0.39 is 0 Å². The van der Waals surface area contributed by atoms with Crippen LogP contribution < -0.4 is 4.74 Å². The fourth-order valence-corrected chi connectivity index (χ4v) is 2.07. The first-order valence-corrected chi connectivity index (χ1v) is 7.03. The number of alkyl halides is 1. The molecule has 0 amide bonds. The van der Waals surface area contributed by atoms with Crippen molar-refractivity contribution in [3.63, 3.8) is 0 Å². The van der Waals surface area contributed by atoms with Crippen LogP contribution in [-0.4, -0.2) is 31.5 Å². The van der Waals surface area contributed by atoms with Crippen molar-refractivity contribution in [1.82, 2.24) is 4.90 Å². The molecule has 0 saturated carbocycles. The monoisotopic (exact) mass is 269 g/mol. The number of halogens is 1. The summed E-state index contributed by atoms with van der Waals surface area (Å²) in [6, 6.07) is 6.51. The third kappa shape index (κ3) is 4.51. The van der Waals surface area contributed by atoms with Crippen LogP contribution in [0.25, 0.3) is 0 Å². The Balaban J connectivity index is 2.76. The van der Waals surface area contributed by atoms with Gasteiger partial charge in [-0.1, -0.05) is 26.0 Å². The molecule has 102 valence electrons. The van der Waals surface area contributed by atoms with E-state index in [1.807, 2.05) is 0 Å². The second-order valence-corrected chi connectivity index (χ2v) is 5.38. The van der Waals surface area contributed by atoms with Crippen LogP contribution in [0.1, 0.15) is 37.3 Å². The average Bonchev–Trinajstić information content (AvgIpc) is 2.36. The summed E-state index contributed by atoms with van der Waals surface area (Å²) in [4.78, 5) is 2.27. The minimum Gasteiger partial charge on any atom is -0.496 e. The van der Waals surface area contributed by atoms with Crippen LogP contribution in [0.3, 0.4) is 0 Å². The lowest BCUT2D eigenvalue weighted by atomic mass is 10.0. The Labute approximate surface area is 116 Å². The molecule has 18 heavy (non-hydrogen) atoms. The van der Waals surface area contributed by atoms with E-state index in [0.717, 1.165) is 25.3 Å². The first-order chi connectivity index (χ1) is 8.58. The lowest BCUT2D eigenvalue weighted by molar-refractivity contribution is 0.318. The Morgan fingerprint density at radius 1 is 1.33 bits per heavy atom. The fourth-order valence-electron chi connectivity index (χ4n) is 1.95. The predicted octanol–water partition coefficient (Wildman–Crippen LogP) is 3.88. The van der Waals surface area contributed by atoms with Gasteiger partial charge in [0.05, 0.1) is 7.11 Å². The summed E-state index contributed by atoms with van der Waals surface area (Å²) in [5.41, 5.74) is 2.55. The van der Waals surface area contributed by atoms with Crippen molar-refractivity contribution in [2.75, 3.05) is 26.6 Å². The Morgan fingerprint density at radius 3 is 2.61 bits per heavy atom. The molecule has 0 unspecified atom stereocenters. The van der Waals surface area contributed by atoms with Crippen LogP contribution in [0.4, 0.5) is 0 Å². The molecule has 0 aliphatic rings. The second kappa shape index (κ2) is 7.65. The molecule has 0 N–H and O–H groups in total. The van der Waals surface area contributed by atoms with Crippen LogP contribution in [0.2, 0.25) is 0 Å². The van der Waals surface area contributed by atoms with Crippen LogP contribution in [0, 0.1) is 0 Å². The quantitative estimate of drug-likeness (QED) is 0.697. The highest BCUT2D eigenvalue weighted by molar-refractivity contribution is 6.17. The second-order valence-electron chi connectivity index (χ2n) is 5.01. The minimum absolute atomic E-state index is 0.530. The molecular formula is C15H24ClNO. The lowest BCUT2D eigenvalue weighted by Crippen LogP contribution is -2.19. The van der Waals surface area contributed by atoms with E-state index in [4.69, 9.17) is 16.3 Å². The molecule has 0 aliphatic heterocycles. The Kier molecular flexibility index (Phi) is 6.51. The molecule has 0 spiro atoms. The molecule has 0 heterocycles. The van der Waals surface area contributed by atoms with Gasteiger partial charge in [0, 0.05) is 18.0 Å². The first kappa shape index (κ1) is 15.3. The van der Waals surface area contributed by atoms with Crippen molar-refractivity contribution in [2.45, 2.75) is 32.7 Å². The van der Waals surface area contributed by atoms with Gasteiger partial charge < -0.3 is 9.64 Å². The van der Waals surface area contributed by atoms with E-state index in [-0.39, 0.29) is 0 Å². The van der Waals surface area contributed by atoms with Crippen molar-refractivity contribution >= 4 is 11.6 Å².